The number of ether oxygens (including phenoxy) is 1. The van der Waals surface area contributed by atoms with E-state index in [1.165, 1.54) is 6.92 Å². The standard InChI is InChI=1S/C20H24N2O3/c1-14(23)16-12-18(21-13-16)20(24)22-11-5-3-4-6-19(22)15-7-9-17(25-2)10-8-15/h7-10,12-13,19,21H,3-6,11H2,1-2H3. The van der Waals surface area contributed by atoms with E-state index in [0.29, 0.717) is 11.3 Å². The fraction of sp³-hybridized carbons (Fsp3) is 0.400. The van der Waals surface area contributed by atoms with Crippen molar-refractivity contribution in [3.63, 3.8) is 0 Å². The largest absolute Gasteiger partial charge is 0.497 e. The van der Waals surface area contributed by atoms with Crippen LogP contribution in [0.5, 0.6) is 5.75 Å². The summed E-state index contributed by atoms with van der Waals surface area (Å²) >= 11 is 0. The predicted octanol–water partition coefficient (Wildman–Crippen LogP) is 3.98. The average Bonchev–Trinajstić information content (AvgIpc) is 3.00. The number of carbonyl (C=O) groups excluding carboxylic acids is 2. The molecule has 1 N–H and O–H groups in total. The Morgan fingerprint density at radius 2 is 1.92 bits per heavy atom. The van der Waals surface area contributed by atoms with Crippen LogP contribution in [-0.2, 0) is 0 Å². The minimum absolute atomic E-state index is 0.0436. The number of nitrogens with one attached hydrogen (secondary N) is 1. The van der Waals surface area contributed by atoms with Crippen molar-refractivity contribution in [2.75, 3.05) is 13.7 Å². The normalized spacial score (nSPS) is 17.8. The van der Waals surface area contributed by atoms with E-state index in [1.54, 1.807) is 19.4 Å². The molecule has 0 spiro atoms. The predicted molar refractivity (Wildman–Crippen MR) is 96.0 cm³/mol. The van der Waals surface area contributed by atoms with E-state index < -0.39 is 0 Å². The van der Waals surface area contributed by atoms with Gasteiger partial charge in [-0.3, -0.25) is 9.59 Å². The molecule has 1 aromatic carbocycles. The van der Waals surface area contributed by atoms with Gasteiger partial charge in [0.25, 0.3) is 5.91 Å². The molecule has 0 saturated carbocycles. The van der Waals surface area contributed by atoms with Gasteiger partial charge in [-0.05, 0) is 43.5 Å². The van der Waals surface area contributed by atoms with E-state index in [-0.39, 0.29) is 17.7 Å². The number of hydrogen-bond acceptors (Lipinski definition) is 3. The fourth-order valence-electron chi connectivity index (χ4n) is 3.40. The quantitative estimate of drug-likeness (QED) is 0.856. The van der Waals surface area contributed by atoms with Crippen molar-refractivity contribution in [2.24, 2.45) is 0 Å². The highest BCUT2D eigenvalue weighted by Crippen LogP contribution is 2.32. The van der Waals surface area contributed by atoms with E-state index in [9.17, 15) is 9.59 Å². The smallest absolute Gasteiger partial charge is 0.270 e. The lowest BCUT2D eigenvalue weighted by Crippen LogP contribution is -2.35. The molecule has 0 radical (unpaired) electrons. The molecule has 2 heterocycles. The molecular formula is C20H24N2O3. The molecule has 1 aliphatic heterocycles. The monoisotopic (exact) mass is 340 g/mol. The lowest BCUT2D eigenvalue weighted by Gasteiger charge is -2.30. The van der Waals surface area contributed by atoms with Crippen molar-refractivity contribution < 1.29 is 14.3 Å². The number of methoxy groups -OCH3 is 1. The lowest BCUT2D eigenvalue weighted by atomic mass is 10.0. The van der Waals surface area contributed by atoms with Crippen LogP contribution in [0.2, 0.25) is 0 Å². The van der Waals surface area contributed by atoms with E-state index >= 15 is 0 Å². The van der Waals surface area contributed by atoms with Crippen molar-refractivity contribution >= 4 is 11.7 Å². The SMILES string of the molecule is COc1ccc(C2CCCCCN2C(=O)c2cc(C(C)=O)c[nH]2)cc1. The van der Waals surface area contributed by atoms with Crippen molar-refractivity contribution in [1.82, 2.24) is 9.88 Å². The number of rotatable bonds is 4. The maximum Gasteiger partial charge on any atom is 0.270 e. The number of aromatic amines is 1. The zero-order valence-electron chi connectivity index (χ0n) is 14.7. The van der Waals surface area contributed by atoms with Crippen molar-refractivity contribution in [1.29, 1.82) is 0 Å². The molecule has 1 unspecified atom stereocenters. The minimum Gasteiger partial charge on any atom is -0.497 e. The van der Waals surface area contributed by atoms with Crippen LogP contribution >= 0.6 is 0 Å². The molecule has 1 fully saturated rings. The highest BCUT2D eigenvalue weighted by Gasteiger charge is 2.28. The molecule has 132 valence electrons. The van der Waals surface area contributed by atoms with Gasteiger partial charge in [0.1, 0.15) is 11.4 Å². The van der Waals surface area contributed by atoms with Crippen molar-refractivity contribution in [3.05, 3.63) is 53.3 Å². The highest BCUT2D eigenvalue weighted by atomic mass is 16.5. The van der Waals surface area contributed by atoms with Gasteiger partial charge in [-0.15, -0.1) is 0 Å². The summed E-state index contributed by atoms with van der Waals surface area (Å²) in [6, 6.07) is 9.64. The summed E-state index contributed by atoms with van der Waals surface area (Å²) in [5.74, 6) is 0.721. The number of hydrogen-bond donors (Lipinski definition) is 1. The van der Waals surface area contributed by atoms with Gasteiger partial charge in [0, 0.05) is 18.3 Å². The van der Waals surface area contributed by atoms with Gasteiger partial charge in [0.05, 0.1) is 13.2 Å². The Hall–Kier alpha value is -2.56. The van der Waals surface area contributed by atoms with Crippen LogP contribution in [0.4, 0.5) is 0 Å². The molecule has 1 saturated heterocycles. The second-order valence-corrected chi connectivity index (χ2v) is 6.50. The van der Waals surface area contributed by atoms with Crippen LogP contribution in [0.3, 0.4) is 0 Å². The lowest BCUT2D eigenvalue weighted by molar-refractivity contribution is 0.0675. The highest BCUT2D eigenvalue weighted by molar-refractivity contribution is 5.99. The molecule has 3 rings (SSSR count). The number of nitrogens with zero attached hydrogens (tertiary/aromatic N) is 1. The van der Waals surface area contributed by atoms with Gasteiger partial charge in [-0.2, -0.15) is 0 Å². The van der Waals surface area contributed by atoms with E-state index in [0.717, 1.165) is 43.5 Å². The van der Waals surface area contributed by atoms with Crippen LogP contribution in [0.25, 0.3) is 0 Å². The van der Waals surface area contributed by atoms with E-state index in [2.05, 4.69) is 4.98 Å². The van der Waals surface area contributed by atoms with Gasteiger partial charge < -0.3 is 14.6 Å². The summed E-state index contributed by atoms with van der Waals surface area (Å²) in [7, 11) is 1.65. The van der Waals surface area contributed by atoms with Gasteiger partial charge in [0.15, 0.2) is 5.78 Å². The van der Waals surface area contributed by atoms with Crippen molar-refractivity contribution in [2.45, 2.75) is 38.6 Å². The van der Waals surface area contributed by atoms with Crippen LogP contribution in [0.1, 0.15) is 65.1 Å². The second kappa shape index (κ2) is 7.55. The Labute approximate surface area is 148 Å². The molecule has 5 nitrogen and oxygen atoms in total. The number of Topliss-reactive ketones (excluding diaryl/α,β-unsaturated/α-hetero) is 1. The average molecular weight is 340 g/mol. The Morgan fingerprint density at radius 1 is 1.16 bits per heavy atom. The molecule has 0 bridgehead atoms. The zero-order chi connectivity index (χ0) is 17.8. The van der Waals surface area contributed by atoms with Gasteiger partial charge in [0.2, 0.25) is 0 Å². The van der Waals surface area contributed by atoms with E-state index in [1.807, 2.05) is 29.2 Å². The first-order valence-electron chi connectivity index (χ1n) is 8.74. The van der Waals surface area contributed by atoms with Gasteiger partial charge >= 0.3 is 0 Å². The molecule has 2 aromatic rings. The third-order valence-corrected chi connectivity index (χ3v) is 4.83. The van der Waals surface area contributed by atoms with Crippen molar-refractivity contribution in [3.8, 4) is 5.75 Å². The number of amides is 1. The second-order valence-electron chi connectivity index (χ2n) is 6.50. The summed E-state index contributed by atoms with van der Waals surface area (Å²) in [5, 5.41) is 0. The first-order chi connectivity index (χ1) is 12.1. The van der Waals surface area contributed by atoms with Crippen LogP contribution in [-0.4, -0.2) is 35.2 Å². The van der Waals surface area contributed by atoms with E-state index in [4.69, 9.17) is 4.74 Å². The number of aromatic nitrogens is 1. The third kappa shape index (κ3) is 3.76. The van der Waals surface area contributed by atoms with Crippen LogP contribution in [0.15, 0.2) is 36.5 Å². The topological polar surface area (TPSA) is 62.4 Å². The molecule has 1 atom stereocenters. The number of H-pyrrole nitrogens is 1. The third-order valence-electron chi connectivity index (χ3n) is 4.83. The maximum absolute atomic E-state index is 13.1. The minimum atomic E-state index is -0.0461. The Kier molecular flexibility index (Phi) is 5.22. The summed E-state index contributed by atoms with van der Waals surface area (Å²) < 4.78 is 5.23. The Balaban J connectivity index is 1.88. The number of carbonyl (C=O) groups is 2. The summed E-state index contributed by atoms with van der Waals surface area (Å²) in [5.41, 5.74) is 2.14. The first kappa shape index (κ1) is 17.3. The van der Waals surface area contributed by atoms with Crippen LogP contribution < -0.4 is 4.74 Å². The molecule has 1 amide bonds. The fourth-order valence-corrected chi connectivity index (χ4v) is 3.40. The molecule has 25 heavy (non-hydrogen) atoms. The Morgan fingerprint density at radius 3 is 2.56 bits per heavy atom. The number of likely N-dealkylation sites (tertiary alicyclic amines) is 1. The number of benzene rings is 1. The number of ketones is 1. The molecule has 1 aromatic heterocycles. The Bertz CT molecular complexity index is 749. The summed E-state index contributed by atoms with van der Waals surface area (Å²) in [6.07, 6.45) is 5.77. The van der Waals surface area contributed by atoms with Gasteiger partial charge in [-0.25, -0.2) is 0 Å². The maximum atomic E-state index is 13.1. The molecule has 0 aliphatic carbocycles. The van der Waals surface area contributed by atoms with Crippen LogP contribution in [0, 0.1) is 0 Å². The zero-order valence-corrected chi connectivity index (χ0v) is 14.7. The summed E-state index contributed by atoms with van der Waals surface area (Å²) in [6.45, 7) is 2.23. The molecular weight excluding hydrogens is 316 g/mol. The van der Waals surface area contributed by atoms with Gasteiger partial charge in [-0.1, -0.05) is 25.0 Å². The first-order valence-corrected chi connectivity index (χ1v) is 8.74. The molecule has 1 aliphatic rings. The molecule has 5 heteroatoms. The summed E-state index contributed by atoms with van der Waals surface area (Å²) in [4.78, 5) is 29.5.